The van der Waals surface area contributed by atoms with Crippen molar-refractivity contribution in [3.05, 3.63) is 45.9 Å². The molecule has 0 fully saturated rings. The second-order valence-electron chi connectivity index (χ2n) is 3.94. The van der Waals surface area contributed by atoms with E-state index < -0.39 is 10.7 Å². The van der Waals surface area contributed by atoms with Crippen LogP contribution in [0.25, 0.3) is 0 Å². The number of para-hydroxylation sites is 1. The van der Waals surface area contributed by atoms with Crippen LogP contribution in [0.2, 0.25) is 0 Å². The van der Waals surface area contributed by atoms with Crippen LogP contribution >= 0.6 is 0 Å². The Morgan fingerprint density at radius 2 is 2.10 bits per heavy atom. The Morgan fingerprint density at radius 1 is 1.40 bits per heavy atom. The van der Waals surface area contributed by atoms with E-state index in [1.807, 2.05) is 0 Å². The number of nitro groups is 1. The summed E-state index contributed by atoms with van der Waals surface area (Å²) >= 11 is 0. The summed E-state index contributed by atoms with van der Waals surface area (Å²) in [7, 11) is 0. The summed E-state index contributed by atoms with van der Waals surface area (Å²) in [4.78, 5) is 18.1. The third kappa shape index (κ3) is 2.63. The molecule has 0 radical (unpaired) electrons. The lowest BCUT2D eigenvalue weighted by Gasteiger charge is -2.08. The molecule has 0 aliphatic rings. The summed E-state index contributed by atoms with van der Waals surface area (Å²) in [5, 5.41) is 13.5. The molecule has 20 heavy (non-hydrogen) atoms. The Morgan fingerprint density at radius 3 is 2.70 bits per heavy atom. The normalized spacial score (nSPS) is 10.3. The van der Waals surface area contributed by atoms with Gasteiger partial charge in [-0.2, -0.15) is 4.98 Å². The molecule has 2 aromatic rings. The van der Waals surface area contributed by atoms with Gasteiger partial charge in [0, 0.05) is 0 Å². The van der Waals surface area contributed by atoms with Gasteiger partial charge in [-0.3, -0.25) is 10.1 Å². The van der Waals surface area contributed by atoms with E-state index in [0.717, 1.165) is 0 Å². The molecule has 104 valence electrons. The average molecular weight is 277 g/mol. The maximum Gasteiger partial charge on any atom is 0.332 e. The first-order valence-corrected chi connectivity index (χ1v) is 5.85. The number of rotatable bonds is 4. The van der Waals surface area contributed by atoms with E-state index in [1.165, 1.54) is 12.1 Å². The van der Waals surface area contributed by atoms with Crippen molar-refractivity contribution in [1.29, 1.82) is 0 Å². The Labute approximate surface area is 113 Å². The fourth-order valence-corrected chi connectivity index (χ4v) is 1.71. The molecule has 0 atom stereocenters. The highest BCUT2D eigenvalue weighted by molar-refractivity contribution is 5.61. The van der Waals surface area contributed by atoms with Gasteiger partial charge in [0.1, 0.15) is 11.5 Å². The van der Waals surface area contributed by atoms with Crippen LogP contribution in [0.3, 0.4) is 0 Å². The van der Waals surface area contributed by atoms with Crippen LogP contribution in [0.15, 0.2) is 24.3 Å². The molecule has 0 aliphatic heterocycles. The topological polar surface area (TPSA) is 107 Å². The maximum absolute atomic E-state index is 13.5. The monoisotopic (exact) mass is 277 g/mol. The molecular formula is C12H12FN5O2. The first-order valence-electron chi connectivity index (χ1n) is 5.85. The molecule has 1 aromatic carbocycles. The van der Waals surface area contributed by atoms with Crippen molar-refractivity contribution in [2.75, 3.05) is 11.1 Å². The van der Waals surface area contributed by atoms with Crippen molar-refractivity contribution in [3.8, 4) is 0 Å². The molecule has 0 unspecified atom stereocenters. The molecule has 0 bridgehead atoms. The van der Waals surface area contributed by atoms with Gasteiger partial charge in [-0.15, -0.1) is 0 Å². The number of nitrogens with two attached hydrogens (primary N) is 1. The fraction of sp³-hybridized carbons (Fsp3) is 0.167. The molecule has 2 rings (SSSR count). The molecule has 0 saturated carbocycles. The molecule has 0 spiro atoms. The second-order valence-corrected chi connectivity index (χ2v) is 3.94. The molecule has 1 aromatic heterocycles. The molecular weight excluding hydrogens is 265 g/mol. The minimum absolute atomic E-state index is 0.0232. The zero-order chi connectivity index (χ0) is 14.7. The van der Waals surface area contributed by atoms with E-state index in [-0.39, 0.29) is 28.8 Å². The summed E-state index contributed by atoms with van der Waals surface area (Å²) in [6, 6.07) is 5.96. The van der Waals surface area contributed by atoms with Crippen molar-refractivity contribution in [2.45, 2.75) is 13.3 Å². The number of halogens is 1. The molecule has 0 aliphatic carbocycles. The number of nitrogens with zero attached hydrogens (tertiary/aromatic N) is 3. The number of hydrogen-bond donors (Lipinski definition) is 2. The number of nitrogens with one attached hydrogen (secondary N) is 1. The largest absolute Gasteiger partial charge is 0.378 e. The Hall–Kier alpha value is -2.77. The number of anilines is 3. The van der Waals surface area contributed by atoms with Gasteiger partial charge in [-0.25, -0.2) is 9.37 Å². The molecule has 0 saturated heterocycles. The van der Waals surface area contributed by atoms with Gasteiger partial charge in [-0.05, 0) is 18.6 Å². The van der Waals surface area contributed by atoms with Gasteiger partial charge in [0.25, 0.3) is 0 Å². The SMILES string of the molecule is CCc1nc(Nc2ccccc2F)nc(N)c1[N+](=O)[O-]. The summed E-state index contributed by atoms with van der Waals surface area (Å²) in [6.45, 7) is 1.71. The zero-order valence-corrected chi connectivity index (χ0v) is 10.6. The van der Waals surface area contributed by atoms with E-state index in [9.17, 15) is 14.5 Å². The Balaban J connectivity index is 2.42. The first kappa shape index (κ1) is 13.7. The van der Waals surface area contributed by atoms with E-state index >= 15 is 0 Å². The van der Waals surface area contributed by atoms with Crippen LogP contribution in [0, 0.1) is 15.9 Å². The smallest absolute Gasteiger partial charge is 0.332 e. The molecule has 7 nitrogen and oxygen atoms in total. The van der Waals surface area contributed by atoms with E-state index in [4.69, 9.17) is 5.73 Å². The first-order chi connectivity index (χ1) is 9.52. The number of aromatic nitrogens is 2. The van der Waals surface area contributed by atoms with Crippen molar-refractivity contribution in [2.24, 2.45) is 0 Å². The predicted molar refractivity (Wildman–Crippen MR) is 72.2 cm³/mol. The number of aryl methyl sites for hydroxylation is 1. The quantitative estimate of drug-likeness (QED) is 0.656. The lowest BCUT2D eigenvalue weighted by atomic mass is 10.2. The number of nitrogen functional groups attached to an aromatic ring is 1. The van der Waals surface area contributed by atoms with Crippen molar-refractivity contribution in [3.63, 3.8) is 0 Å². The van der Waals surface area contributed by atoms with Gasteiger partial charge < -0.3 is 11.1 Å². The standard InChI is InChI=1S/C12H12FN5O2/c1-2-8-10(18(19)20)11(14)17-12(15-8)16-9-6-4-3-5-7(9)13/h3-6H,2H2,1H3,(H3,14,15,16,17). The summed E-state index contributed by atoms with van der Waals surface area (Å²) in [5.74, 6) is -0.707. The fourth-order valence-electron chi connectivity index (χ4n) is 1.71. The Bertz CT molecular complexity index is 662. The minimum Gasteiger partial charge on any atom is -0.378 e. The summed E-state index contributed by atoms with van der Waals surface area (Å²) < 4.78 is 13.5. The van der Waals surface area contributed by atoms with E-state index in [0.29, 0.717) is 6.42 Å². The van der Waals surface area contributed by atoms with Crippen LogP contribution in [0.5, 0.6) is 0 Å². The lowest BCUT2D eigenvalue weighted by Crippen LogP contribution is -2.08. The van der Waals surface area contributed by atoms with Crippen molar-refractivity contribution < 1.29 is 9.31 Å². The van der Waals surface area contributed by atoms with Gasteiger partial charge in [0.2, 0.25) is 11.8 Å². The van der Waals surface area contributed by atoms with Crippen LogP contribution < -0.4 is 11.1 Å². The van der Waals surface area contributed by atoms with Gasteiger partial charge in [0.15, 0.2) is 0 Å². The molecule has 3 N–H and O–H groups in total. The van der Waals surface area contributed by atoms with Crippen LogP contribution in [0.1, 0.15) is 12.6 Å². The maximum atomic E-state index is 13.5. The van der Waals surface area contributed by atoms with Crippen molar-refractivity contribution in [1.82, 2.24) is 9.97 Å². The summed E-state index contributed by atoms with van der Waals surface area (Å²) in [6.07, 6.45) is 0.314. The highest BCUT2D eigenvalue weighted by Crippen LogP contribution is 2.26. The lowest BCUT2D eigenvalue weighted by molar-refractivity contribution is -0.385. The zero-order valence-electron chi connectivity index (χ0n) is 10.6. The molecule has 1 heterocycles. The van der Waals surface area contributed by atoms with Gasteiger partial charge in [0.05, 0.1) is 10.6 Å². The highest BCUT2D eigenvalue weighted by atomic mass is 19.1. The van der Waals surface area contributed by atoms with Crippen LogP contribution in [0.4, 0.5) is 27.5 Å². The third-order valence-corrected chi connectivity index (χ3v) is 2.62. The average Bonchev–Trinajstić information content (AvgIpc) is 2.40. The number of benzene rings is 1. The minimum atomic E-state index is -0.624. The van der Waals surface area contributed by atoms with Gasteiger partial charge >= 0.3 is 5.69 Å². The summed E-state index contributed by atoms with van der Waals surface area (Å²) in [5.41, 5.74) is 5.62. The highest BCUT2D eigenvalue weighted by Gasteiger charge is 2.21. The van der Waals surface area contributed by atoms with Crippen LogP contribution in [-0.2, 0) is 6.42 Å². The second kappa shape index (κ2) is 5.47. The Kier molecular flexibility index (Phi) is 3.74. The predicted octanol–water partition coefficient (Wildman–Crippen LogP) is 2.41. The van der Waals surface area contributed by atoms with Crippen molar-refractivity contribution >= 4 is 23.1 Å². The van der Waals surface area contributed by atoms with E-state index in [2.05, 4.69) is 15.3 Å². The van der Waals surface area contributed by atoms with Crippen LogP contribution in [-0.4, -0.2) is 14.9 Å². The van der Waals surface area contributed by atoms with E-state index in [1.54, 1.807) is 19.1 Å². The molecule has 8 heteroatoms. The van der Waals surface area contributed by atoms with Gasteiger partial charge in [-0.1, -0.05) is 19.1 Å². The third-order valence-electron chi connectivity index (χ3n) is 2.62. The molecule has 0 amide bonds. The number of hydrogen-bond acceptors (Lipinski definition) is 6.